The van der Waals surface area contributed by atoms with E-state index in [4.69, 9.17) is 16.3 Å². The van der Waals surface area contributed by atoms with Crippen LogP contribution in [0.2, 0.25) is 5.02 Å². The third-order valence-electron chi connectivity index (χ3n) is 4.15. The lowest BCUT2D eigenvalue weighted by atomic mass is 10.0. The fourth-order valence-electron chi connectivity index (χ4n) is 2.66. The third-order valence-corrected chi connectivity index (χ3v) is 5.81. The van der Waals surface area contributed by atoms with Gasteiger partial charge in [-0.25, -0.2) is 4.79 Å². The van der Waals surface area contributed by atoms with Crippen molar-refractivity contribution >= 4 is 44.8 Å². The highest BCUT2D eigenvalue weighted by atomic mass is 35.5. The molecule has 0 aliphatic carbocycles. The lowest BCUT2D eigenvalue weighted by Crippen LogP contribution is -2.13. The van der Waals surface area contributed by atoms with Gasteiger partial charge in [0, 0.05) is 15.6 Å². The van der Waals surface area contributed by atoms with Crippen molar-refractivity contribution in [3.63, 3.8) is 0 Å². The molecule has 1 heterocycles. The molecule has 3 nitrogen and oxygen atoms in total. The van der Waals surface area contributed by atoms with Crippen LogP contribution in [0.3, 0.4) is 0 Å². The molecule has 0 amide bonds. The van der Waals surface area contributed by atoms with Crippen LogP contribution in [0, 0.1) is 0 Å². The van der Waals surface area contributed by atoms with Crippen molar-refractivity contribution in [3.05, 3.63) is 69.6 Å². The molecule has 134 valence electrons. The number of carbonyl (C=O) groups is 2. The topological polar surface area (TPSA) is 43.4 Å². The van der Waals surface area contributed by atoms with Gasteiger partial charge in [0.05, 0.1) is 5.02 Å². The second kappa shape index (κ2) is 8.47. The van der Waals surface area contributed by atoms with E-state index < -0.39 is 5.97 Å². The zero-order chi connectivity index (χ0) is 18.5. The molecular formula is C21H19ClO3S. The summed E-state index contributed by atoms with van der Waals surface area (Å²) in [4.78, 5) is 24.9. The molecule has 0 saturated carbocycles. The molecular weight excluding hydrogens is 368 g/mol. The van der Waals surface area contributed by atoms with Gasteiger partial charge in [-0.05, 0) is 24.5 Å². The van der Waals surface area contributed by atoms with Gasteiger partial charge < -0.3 is 4.74 Å². The highest BCUT2D eigenvalue weighted by Gasteiger charge is 2.19. The van der Waals surface area contributed by atoms with E-state index >= 15 is 0 Å². The average Bonchev–Trinajstić information content (AvgIpc) is 3.01. The van der Waals surface area contributed by atoms with Crippen molar-refractivity contribution < 1.29 is 14.3 Å². The van der Waals surface area contributed by atoms with Gasteiger partial charge in [0.2, 0.25) is 0 Å². The molecule has 5 heteroatoms. The van der Waals surface area contributed by atoms with Gasteiger partial charge >= 0.3 is 5.97 Å². The van der Waals surface area contributed by atoms with Crippen molar-refractivity contribution in [3.8, 4) is 0 Å². The quantitative estimate of drug-likeness (QED) is 0.373. The fraction of sp³-hybridized carbons (Fsp3) is 0.238. The van der Waals surface area contributed by atoms with Gasteiger partial charge in [-0.2, -0.15) is 0 Å². The van der Waals surface area contributed by atoms with E-state index in [0.717, 1.165) is 29.3 Å². The number of ether oxygens (including phenoxy) is 1. The molecule has 2 aromatic carbocycles. The Hall–Kier alpha value is -2.17. The first-order valence-electron chi connectivity index (χ1n) is 8.56. The Bertz CT molecular complexity index is 928. The van der Waals surface area contributed by atoms with E-state index in [1.165, 1.54) is 16.9 Å². The maximum Gasteiger partial charge on any atom is 0.350 e. The van der Waals surface area contributed by atoms with Crippen LogP contribution in [0.5, 0.6) is 0 Å². The maximum absolute atomic E-state index is 12.3. The van der Waals surface area contributed by atoms with E-state index in [9.17, 15) is 9.59 Å². The zero-order valence-corrected chi connectivity index (χ0v) is 16.0. The largest absolute Gasteiger partial charge is 0.453 e. The monoisotopic (exact) mass is 386 g/mol. The number of aryl methyl sites for hydroxylation is 1. The minimum absolute atomic E-state index is 0.224. The number of thiophene rings is 1. The second-order valence-corrected chi connectivity index (χ2v) is 7.47. The van der Waals surface area contributed by atoms with E-state index in [0.29, 0.717) is 15.5 Å². The Labute approximate surface area is 161 Å². The van der Waals surface area contributed by atoms with Crippen molar-refractivity contribution in [2.45, 2.75) is 26.2 Å². The number of hydrogen-bond donors (Lipinski definition) is 0. The van der Waals surface area contributed by atoms with E-state index in [1.54, 1.807) is 12.1 Å². The number of esters is 1. The first-order chi connectivity index (χ1) is 12.6. The van der Waals surface area contributed by atoms with Crippen LogP contribution in [-0.2, 0) is 11.2 Å². The Balaban J connectivity index is 1.63. The summed E-state index contributed by atoms with van der Waals surface area (Å²) in [5, 5.41) is 1.20. The minimum Gasteiger partial charge on any atom is -0.453 e. The first-order valence-corrected chi connectivity index (χ1v) is 9.76. The molecule has 0 fully saturated rings. The maximum atomic E-state index is 12.3. The van der Waals surface area contributed by atoms with Crippen LogP contribution in [-0.4, -0.2) is 18.4 Å². The number of fused-ring (bicyclic) bond motifs is 1. The molecule has 3 aromatic rings. The molecule has 0 aliphatic rings. The molecule has 1 aromatic heterocycles. The van der Waals surface area contributed by atoms with E-state index in [2.05, 4.69) is 6.92 Å². The molecule has 0 bridgehead atoms. The molecule has 26 heavy (non-hydrogen) atoms. The number of Topliss-reactive ketones (excluding diaryl/α,β-unsaturated/α-hetero) is 1. The normalized spacial score (nSPS) is 10.8. The summed E-state index contributed by atoms with van der Waals surface area (Å²) in [6, 6.07) is 15.0. The average molecular weight is 387 g/mol. The Kier molecular flexibility index (Phi) is 6.07. The summed E-state index contributed by atoms with van der Waals surface area (Å²) < 4.78 is 6.10. The van der Waals surface area contributed by atoms with Crippen molar-refractivity contribution in [2.24, 2.45) is 0 Å². The number of rotatable bonds is 7. The molecule has 0 saturated heterocycles. The van der Waals surface area contributed by atoms with Crippen LogP contribution >= 0.6 is 22.9 Å². The Morgan fingerprint density at radius 2 is 1.81 bits per heavy atom. The molecule has 0 atom stereocenters. The third kappa shape index (κ3) is 4.14. The zero-order valence-electron chi connectivity index (χ0n) is 14.5. The van der Waals surface area contributed by atoms with Crippen molar-refractivity contribution in [2.75, 3.05) is 6.61 Å². The molecule has 0 unspecified atom stereocenters. The van der Waals surface area contributed by atoms with Crippen LogP contribution in [0.15, 0.2) is 48.5 Å². The minimum atomic E-state index is -0.566. The van der Waals surface area contributed by atoms with Gasteiger partial charge in [-0.15, -0.1) is 11.3 Å². The number of ketones is 1. The first kappa shape index (κ1) is 18.6. The Morgan fingerprint density at radius 1 is 1.08 bits per heavy atom. The Morgan fingerprint density at radius 3 is 2.50 bits per heavy atom. The predicted octanol–water partition coefficient (Wildman–Crippen LogP) is 5.94. The van der Waals surface area contributed by atoms with Crippen molar-refractivity contribution in [1.82, 2.24) is 0 Å². The number of unbranched alkanes of at least 4 members (excludes halogenated alkanes) is 1. The van der Waals surface area contributed by atoms with Gasteiger partial charge in [0.1, 0.15) is 4.88 Å². The van der Waals surface area contributed by atoms with Gasteiger partial charge in [0.25, 0.3) is 0 Å². The smallest absolute Gasteiger partial charge is 0.350 e. The summed E-state index contributed by atoms with van der Waals surface area (Å²) >= 11 is 7.54. The number of hydrogen-bond acceptors (Lipinski definition) is 4. The van der Waals surface area contributed by atoms with Crippen LogP contribution < -0.4 is 0 Å². The number of benzene rings is 2. The van der Waals surface area contributed by atoms with Crippen LogP contribution in [0.25, 0.3) is 10.1 Å². The van der Waals surface area contributed by atoms with Gasteiger partial charge in [-0.3, -0.25) is 4.79 Å². The molecule has 0 radical (unpaired) electrons. The van der Waals surface area contributed by atoms with Gasteiger partial charge in [-0.1, -0.05) is 67.4 Å². The number of carbonyl (C=O) groups excluding carboxylic acids is 2. The fourth-order valence-corrected chi connectivity index (χ4v) is 4.07. The van der Waals surface area contributed by atoms with Crippen LogP contribution in [0.4, 0.5) is 0 Å². The van der Waals surface area contributed by atoms with E-state index in [-0.39, 0.29) is 12.4 Å². The molecule has 0 aliphatic heterocycles. The summed E-state index contributed by atoms with van der Waals surface area (Å²) in [7, 11) is 0. The lowest BCUT2D eigenvalue weighted by Gasteiger charge is -2.05. The second-order valence-electron chi connectivity index (χ2n) is 6.04. The van der Waals surface area contributed by atoms with E-state index in [1.807, 2.05) is 36.4 Å². The summed E-state index contributed by atoms with van der Waals surface area (Å²) in [5.41, 5.74) is 1.75. The summed E-state index contributed by atoms with van der Waals surface area (Å²) in [6.45, 7) is 1.85. The van der Waals surface area contributed by atoms with Crippen molar-refractivity contribution in [1.29, 1.82) is 0 Å². The van der Waals surface area contributed by atoms with Gasteiger partial charge in [0.15, 0.2) is 12.4 Å². The summed E-state index contributed by atoms with van der Waals surface area (Å²) in [6.07, 6.45) is 3.27. The molecule has 0 spiro atoms. The summed E-state index contributed by atoms with van der Waals surface area (Å²) in [5.74, 6) is -0.790. The SMILES string of the molecule is CCCCc1ccc(C(=O)COC(=O)c2sc3ccccc3c2Cl)cc1. The molecule has 3 rings (SSSR count). The standard InChI is InChI=1S/C21H19ClO3S/c1-2-3-6-14-9-11-15(12-10-14)17(23)13-25-21(24)20-19(22)16-7-4-5-8-18(16)26-20/h4-5,7-12H,2-3,6,13H2,1H3. The number of halogens is 1. The highest BCUT2D eigenvalue weighted by molar-refractivity contribution is 7.21. The van der Waals surface area contributed by atoms with Crippen LogP contribution in [0.1, 0.15) is 45.4 Å². The predicted molar refractivity (Wildman–Crippen MR) is 107 cm³/mol. The molecule has 0 N–H and O–H groups in total. The highest BCUT2D eigenvalue weighted by Crippen LogP contribution is 2.35. The lowest BCUT2D eigenvalue weighted by molar-refractivity contribution is 0.0480.